The number of para-hydroxylation sites is 1. The van der Waals surface area contributed by atoms with Crippen molar-refractivity contribution in [1.82, 2.24) is 4.98 Å². The van der Waals surface area contributed by atoms with E-state index in [1.54, 1.807) is 24.3 Å². The molecule has 0 bridgehead atoms. The smallest absolute Gasteiger partial charge is 0.213 e. The van der Waals surface area contributed by atoms with Crippen LogP contribution in [0.25, 0.3) is 0 Å². The van der Waals surface area contributed by atoms with Crippen molar-refractivity contribution in [3.8, 4) is 5.75 Å². The summed E-state index contributed by atoms with van der Waals surface area (Å²) in [6.07, 6.45) is 0.634. The standard InChI is InChI=1S/C14H11F2NO2/c1-19-13-5-3-2-4-9(13)6-12(18)10-7-14(16)17-8-11(10)15/h2-5,7-8H,6H2,1H3. The molecule has 0 radical (unpaired) electrons. The van der Waals surface area contributed by atoms with E-state index < -0.39 is 17.5 Å². The number of methoxy groups -OCH3 is 1. The predicted octanol–water partition coefficient (Wildman–Crippen LogP) is 2.79. The summed E-state index contributed by atoms with van der Waals surface area (Å²) in [4.78, 5) is 15.1. The topological polar surface area (TPSA) is 39.2 Å². The van der Waals surface area contributed by atoms with E-state index in [9.17, 15) is 13.6 Å². The van der Waals surface area contributed by atoms with Crippen molar-refractivity contribution in [3.05, 3.63) is 59.4 Å². The molecule has 1 heterocycles. The average Bonchev–Trinajstić information content (AvgIpc) is 2.42. The Hall–Kier alpha value is -2.30. The molecule has 19 heavy (non-hydrogen) atoms. The maximum absolute atomic E-state index is 13.4. The Morgan fingerprint density at radius 3 is 2.79 bits per heavy atom. The van der Waals surface area contributed by atoms with E-state index in [-0.39, 0.29) is 12.0 Å². The number of aromatic nitrogens is 1. The maximum Gasteiger partial charge on any atom is 0.213 e. The molecular formula is C14H11F2NO2. The number of Topliss-reactive ketones (excluding diaryl/α,β-unsaturated/α-hetero) is 1. The van der Waals surface area contributed by atoms with Gasteiger partial charge in [0.15, 0.2) is 11.6 Å². The quantitative estimate of drug-likeness (QED) is 0.629. The fraction of sp³-hybridized carbons (Fsp3) is 0.143. The van der Waals surface area contributed by atoms with E-state index >= 15 is 0 Å². The van der Waals surface area contributed by atoms with Gasteiger partial charge in [-0.3, -0.25) is 4.79 Å². The average molecular weight is 263 g/mol. The maximum atomic E-state index is 13.4. The summed E-state index contributed by atoms with van der Waals surface area (Å²) in [6.45, 7) is 0. The third kappa shape index (κ3) is 2.93. The molecule has 0 atom stereocenters. The molecule has 0 aliphatic rings. The van der Waals surface area contributed by atoms with Crippen LogP contribution >= 0.6 is 0 Å². The highest BCUT2D eigenvalue weighted by Gasteiger charge is 2.15. The van der Waals surface area contributed by atoms with Crippen molar-refractivity contribution in [3.63, 3.8) is 0 Å². The van der Waals surface area contributed by atoms with Crippen molar-refractivity contribution in [2.45, 2.75) is 6.42 Å². The zero-order valence-corrected chi connectivity index (χ0v) is 10.2. The summed E-state index contributed by atoms with van der Waals surface area (Å²) in [6, 6.07) is 7.71. The third-order valence-electron chi connectivity index (χ3n) is 2.67. The van der Waals surface area contributed by atoms with Crippen molar-refractivity contribution in [1.29, 1.82) is 0 Å². The van der Waals surface area contributed by atoms with E-state index in [4.69, 9.17) is 4.74 Å². The predicted molar refractivity (Wildman–Crippen MR) is 65.2 cm³/mol. The minimum atomic E-state index is -0.884. The number of ether oxygens (including phenoxy) is 1. The number of carbonyl (C=O) groups is 1. The molecular weight excluding hydrogens is 252 g/mol. The van der Waals surface area contributed by atoms with Crippen LogP contribution in [0.4, 0.5) is 8.78 Å². The number of rotatable bonds is 4. The van der Waals surface area contributed by atoms with Gasteiger partial charge in [0, 0.05) is 18.1 Å². The van der Waals surface area contributed by atoms with Gasteiger partial charge in [-0.1, -0.05) is 18.2 Å². The second kappa shape index (κ2) is 5.56. The summed E-state index contributed by atoms with van der Waals surface area (Å²) >= 11 is 0. The van der Waals surface area contributed by atoms with Crippen molar-refractivity contribution in [2.24, 2.45) is 0 Å². The molecule has 0 spiro atoms. The van der Waals surface area contributed by atoms with Crippen LogP contribution in [0.15, 0.2) is 36.5 Å². The van der Waals surface area contributed by atoms with Gasteiger partial charge >= 0.3 is 0 Å². The molecule has 0 N–H and O–H groups in total. The van der Waals surface area contributed by atoms with Crippen LogP contribution in [0.1, 0.15) is 15.9 Å². The number of pyridine rings is 1. The molecule has 0 aliphatic heterocycles. The first kappa shape index (κ1) is 13.1. The lowest BCUT2D eigenvalue weighted by Gasteiger charge is -2.07. The summed E-state index contributed by atoms with van der Waals surface area (Å²) in [7, 11) is 1.48. The van der Waals surface area contributed by atoms with Crippen LogP contribution in [-0.4, -0.2) is 17.9 Å². The van der Waals surface area contributed by atoms with Gasteiger partial charge in [0.2, 0.25) is 5.95 Å². The van der Waals surface area contributed by atoms with Crippen molar-refractivity contribution >= 4 is 5.78 Å². The number of ketones is 1. The monoisotopic (exact) mass is 263 g/mol. The van der Waals surface area contributed by atoms with Gasteiger partial charge in [-0.25, -0.2) is 9.37 Å². The molecule has 1 aromatic heterocycles. The molecule has 0 saturated carbocycles. The normalized spacial score (nSPS) is 10.3. The second-order valence-corrected chi connectivity index (χ2v) is 3.90. The number of carbonyl (C=O) groups excluding carboxylic acids is 1. The summed E-state index contributed by atoms with van der Waals surface area (Å²) in [5.74, 6) is -1.71. The molecule has 98 valence electrons. The molecule has 2 aromatic rings. The number of halogens is 2. The van der Waals surface area contributed by atoms with Gasteiger partial charge < -0.3 is 4.74 Å². The first-order valence-electron chi connectivity index (χ1n) is 5.58. The Labute approximate surface area is 108 Å². The number of hydrogen-bond donors (Lipinski definition) is 0. The molecule has 3 nitrogen and oxygen atoms in total. The van der Waals surface area contributed by atoms with Crippen LogP contribution in [0.3, 0.4) is 0 Å². The lowest BCUT2D eigenvalue weighted by molar-refractivity contribution is 0.0987. The largest absolute Gasteiger partial charge is 0.496 e. The Bertz CT molecular complexity index is 614. The van der Waals surface area contributed by atoms with Crippen LogP contribution in [-0.2, 0) is 6.42 Å². The highest BCUT2D eigenvalue weighted by atomic mass is 19.1. The van der Waals surface area contributed by atoms with Gasteiger partial charge in [-0.2, -0.15) is 4.39 Å². The number of benzene rings is 1. The van der Waals surface area contributed by atoms with Crippen LogP contribution in [0, 0.1) is 11.8 Å². The van der Waals surface area contributed by atoms with Gasteiger partial charge in [0.25, 0.3) is 0 Å². The molecule has 0 saturated heterocycles. The SMILES string of the molecule is COc1ccccc1CC(=O)c1cc(F)ncc1F. The first-order valence-corrected chi connectivity index (χ1v) is 5.58. The second-order valence-electron chi connectivity index (χ2n) is 3.90. The van der Waals surface area contributed by atoms with Crippen LogP contribution < -0.4 is 4.74 Å². The molecule has 2 rings (SSSR count). The highest BCUT2D eigenvalue weighted by molar-refractivity contribution is 5.97. The molecule has 0 unspecified atom stereocenters. The van der Waals surface area contributed by atoms with E-state index in [2.05, 4.69) is 4.98 Å². The van der Waals surface area contributed by atoms with Gasteiger partial charge in [0.05, 0.1) is 18.9 Å². The van der Waals surface area contributed by atoms with Crippen molar-refractivity contribution < 1.29 is 18.3 Å². The lowest BCUT2D eigenvalue weighted by atomic mass is 10.0. The van der Waals surface area contributed by atoms with Crippen molar-refractivity contribution in [2.75, 3.05) is 7.11 Å². The van der Waals surface area contributed by atoms with Crippen LogP contribution in [0.2, 0.25) is 0 Å². The number of nitrogens with zero attached hydrogens (tertiary/aromatic N) is 1. The fourth-order valence-corrected chi connectivity index (χ4v) is 1.74. The van der Waals surface area contributed by atoms with Gasteiger partial charge in [-0.05, 0) is 6.07 Å². The summed E-state index contributed by atoms with van der Waals surface area (Å²) < 4.78 is 31.5. The first-order chi connectivity index (χ1) is 9.11. The molecule has 0 aliphatic carbocycles. The zero-order valence-electron chi connectivity index (χ0n) is 10.2. The third-order valence-corrected chi connectivity index (χ3v) is 2.67. The van der Waals surface area contributed by atoms with E-state index in [0.29, 0.717) is 17.5 Å². The molecule has 5 heteroatoms. The molecule has 1 aromatic carbocycles. The Morgan fingerprint density at radius 1 is 1.32 bits per heavy atom. The Kier molecular flexibility index (Phi) is 3.85. The Balaban J connectivity index is 2.28. The minimum Gasteiger partial charge on any atom is -0.496 e. The zero-order chi connectivity index (χ0) is 13.8. The van der Waals surface area contributed by atoms with E-state index in [1.807, 2.05) is 0 Å². The molecule has 0 amide bonds. The van der Waals surface area contributed by atoms with Crippen LogP contribution in [0.5, 0.6) is 5.75 Å². The minimum absolute atomic E-state index is 0.0651. The number of hydrogen-bond acceptors (Lipinski definition) is 3. The van der Waals surface area contributed by atoms with E-state index in [0.717, 1.165) is 6.07 Å². The lowest BCUT2D eigenvalue weighted by Crippen LogP contribution is -2.08. The fourth-order valence-electron chi connectivity index (χ4n) is 1.74. The Morgan fingerprint density at radius 2 is 2.05 bits per heavy atom. The van der Waals surface area contributed by atoms with Gasteiger partial charge in [-0.15, -0.1) is 0 Å². The van der Waals surface area contributed by atoms with Gasteiger partial charge in [0.1, 0.15) is 5.75 Å². The highest BCUT2D eigenvalue weighted by Crippen LogP contribution is 2.20. The summed E-state index contributed by atoms with van der Waals surface area (Å²) in [5.41, 5.74) is 0.310. The summed E-state index contributed by atoms with van der Waals surface area (Å²) in [5, 5.41) is 0. The molecule has 0 fully saturated rings. The van der Waals surface area contributed by atoms with E-state index in [1.165, 1.54) is 7.11 Å².